The number of alkyl halides is 9. The van der Waals surface area contributed by atoms with Crippen LogP contribution in [0.4, 0.5) is 48.3 Å². The lowest BCUT2D eigenvalue weighted by molar-refractivity contribution is -0.300. The van der Waals surface area contributed by atoms with Gasteiger partial charge in [0.1, 0.15) is 0 Å². The number of nitrogens with zero attached hydrogens (tertiary/aromatic N) is 3. The largest absolute Gasteiger partial charge is 0.478 e. The van der Waals surface area contributed by atoms with Gasteiger partial charge in [-0.1, -0.05) is 12.1 Å². The highest BCUT2D eigenvalue weighted by Crippen LogP contribution is 2.51. The van der Waals surface area contributed by atoms with Crippen molar-refractivity contribution in [3.8, 4) is 63.1 Å². The number of benzene rings is 4. The highest BCUT2D eigenvalue weighted by molar-refractivity contribution is 6.06. The van der Waals surface area contributed by atoms with Crippen molar-refractivity contribution in [2.45, 2.75) is 43.7 Å². The van der Waals surface area contributed by atoms with Crippen molar-refractivity contribution < 1.29 is 57.8 Å². The molecule has 0 amide bonds. The highest BCUT2D eigenvalue weighted by Gasteiger charge is 2.59. The molecule has 2 unspecified atom stereocenters. The number of fused-ring (bicyclic) bond motifs is 3. The van der Waals surface area contributed by atoms with Gasteiger partial charge in [0, 0.05) is 23.2 Å². The summed E-state index contributed by atoms with van der Waals surface area (Å²) in [5, 5.41) is 33.4. The zero-order chi connectivity index (χ0) is 39.5. The maximum Gasteiger partial charge on any atom is 0.434 e. The number of nitrogens with one attached hydrogen (secondary N) is 1. The zero-order valence-corrected chi connectivity index (χ0v) is 27.0. The molecule has 0 saturated carbocycles. The fourth-order valence-electron chi connectivity index (χ4n) is 5.96. The van der Waals surface area contributed by atoms with Gasteiger partial charge in [0.25, 0.3) is 6.10 Å². The Morgan fingerprint density at radius 2 is 1.09 bits per heavy atom. The van der Waals surface area contributed by atoms with E-state index in [2.05, 4.69) is 16.1 Å². The quantitative estimate of drug-likeness (QED) is 0.101. The molecule has 1 aliphatic heterocycles. The minimum Gasteiger partial charge on any atom is -0.478 e. The maximum absolute atomic E-state index is 15.1. The van der Waals surface area contributed by atoms with Crippen LogP contribution < -0.4 is 14.8 Å². The van der Waals surface area contributed by atoms with Crippen molar-refractivity contribution >= 4 is 5.57 Å². The van der Waals surface area contributed by atoms with Gasteiger partial charge in [-0.15, -0.1) is 0 Å². The van der Waals surface area contributed by atoms with E-state index in [1.165, 1.54) is 30.3 Å². The van der Waals surface area contributed by atoms with Crippen molar-refractivity contribution in [1.29, 1.82) is 15.8 Å². The Kier molecular flexibility index (Phi) is 9.32. The molecule has 2 atom stereocenters. The molecule has 276 valence electrons. The summed E-state index contributed by atoms with van der Waals surface area (Å²) in [6.07, 6.45) is -23.3. The summed E-state index contributed by atoms with van der Waals surface area (Å²) < 4.78 is 157. The lowest BCUT2D eigenvalue weighted by atomic mass is 9.91. The normalized spacial score (nSPS) is 16.4. The average Bonchev–Trinajstić information content (AvgIpc) is 3.89. The molecule has 2 aliphatic rings. The Morgan fingerprint density at radius 3 is 1.44 bits per heavy atom. The Hall–Kier alpha value is -6.12. The Bertz CT molecular complexity index is 2340. The van der Waals surface area contributed by atoms with Crippen LogP contribution in [0.2, 0.25) is 0 Å². The van der Waals surface area contributed by atoms with Crippen LogP contribution in [-0.4, -0.2) is 43.3 Å². The predicted octanol–water partition coefficient (Wildman–Crippen LogP) is 9.52. The first kappa shape index (κ1) is 37.6. The van der Waals surface area contributed by atoms with Gasteiger partial charge in [-0.05, 0) is 88.8 Å². The molecule has 1 saturated heterocycles. The van der Waals surface area contributed by atoms with E-state index in [4.69, 9.17) is 4.74 Å². The van der Waals surface area contributed by atoms with Crippen LogP contribution in [-0.2, 0) is 0 Å². The summed E-state index contributed by atoms with van der Waals surface area (Å²) in [7, 11) is 0. The molecule has 1 aliphatic carbocycles. The van der Waals surface area contributed by atoms with E-state index in [0.29, 0.717) is 53.4 Å². The van der Waals surface area contributed by atoms with Gasteiger partial charge < -0.3 is 14.8 Å². The molecule has 0 spiro atoms. The van der Waals surface area contributed by atoms with Crippen LogP contribution in [0.3, 0.4) is 0 Å². The number of hydrogen-bond donors (Lipinski definition) is 1. The fraction of sp³-hybridized carbons (Fsp3) is 0.216. The summed E-state index contributed by atoms with van der Waals surface area (Å²) in [5.74, 6) is -4.86. The third-order valence-corrected chi connectivity index (χ3v) is 8.62. The summed E-state index contributed by atoms with van der Waals surface area (Å²) in [5.41, 5.74) is 1.59. The molecule has 4 aromatic rings. The molecule has 54 heavy (non-hydrogen) atoms. The molecule has 6 nitrogen and oxygen atoms in total. The lowest BCUT2D eigenvalue weighted by Gasteiger charge is -2.24. The van der Waals surface area contributed by atoms with Crippen LogP contribution in [0.15, 0.2) is 66.2 Å². The average molecular weight is 761 g/mol. The molecule has 0 aromatic heterocycles. The van der Waals surface area contributed by atoms with Gasteiger partial charge >= 0.3 is 18.5 Å². The Balaban J connectivity index is 1.50. The monoisotopic (exact) mass is 760 g/mol. The van der Waals surface area contributed by atoms with E-state index >= 15 is 8.78 Å². The van der Waals surface area contributed by atoms with Crippen molar-refractivity contribution in [3.05, 3.63) is 100 Å². The van der Waals surface area contributed by atoms with Gasteiger partial charge in [-0.25, -0.2) is 8.78 Å². The van der Waals surface area contributed by atoms with Gasteiger partial charge in [-0.3, -0.25) is 0 Å². The summed E-state index contributed by atoms with van der Waals surface area (Å²) >= 11 is 0. The minimum atomic E-state index is -5.92. The summed E-state index contributed by atoms with van der Waals surface area (Å²) in [6, 6.07) is 16.3. The SMILES string of the molecule is CC(Oc1ccc(-c2cc3c(cc2C#N)/C(=C(\C#N)C2CN2)c2cc(C#N)c(-c4ccc(OC(C(F)(F)F)C(F)(F)F)c(F)c4)cc2-3)cc1F)C(F)(F)F. The fourth-order valence-corrected chi connectivity index (χ4v) is 5.96. The van der Waals surface area contributed by atoms with Crippen molar-refractivity contribution in [1.82, 2.24) is 5.32 Å². The number of rotatable bonds is 7. The van der Waals surface area contributed by atoms with E-state index in [1.807, 2.05) is 12.1 Å². The molecular weight excluding hydrogens is 741 g/mol. The van der Waals surface area contributed by atoms with Crippen molar-refractivity contribution in [2.75, 3.05) is 6.54 Å². The molecular formula is C37H19F11N4O2. The van der Waals surface area contributed by atoms with Crippen LogP contribution >= 0.6 is 0 Å². The third-order valence-electron chi connectivity index (χ3n) is 8.62. The van der Waals surface area contributed by atoms with Crippen LogP contribution in [0.5, 0.6) is 11.5 Å². The molecule has 0 radical (unpaired) electrons. The van der Waals surface area contributed by atoms with Crippen molar-refractivity contribution in [2.24, 2.45) is 0 Å². The number of hydrogen-bond acceptors (Lipinski definition) is 6. The third kappa shape index (κ3) is 7.00. The molecule has 17 heteroatoms. The molecule has 1 heterocycles. The van der Waals surface area contributed by atoms with E-state index < -0.39 is 59.9 Å². The predicted molar refractivity (Wildman–Crippen MR) is 168 cm³/mol. The van der Waals surface area contributed by atoms with Gasteiger partial charge in [0.05, 0.1) is 40.9 Å². The van der Waals surface area contributed by atoms with Crippen molar-refractivity contribution in [3.63, 3.8) is 0 Å². The Morgan fingerprint density at radius 1 is 0.648 bits per heavy atom. The van der Waals surface area contributed by atoms with Gasteiger partial charge in [0.2, 0.25) is 0 Å². The summed E-state index contributed by atoms with van der Waals surface area (Å²) in [4.78, 5) is 0. The zero-order valence-electron chi connectivity index (χ0n) is 27.0. The minimum absolute atomic E-state index is 0.0302. The smallest absolute Gasteiger partial charge is 0.434 e. The van der Waals surface area contributed by atoms with Crippen LogP contribution in [0.25, 0.3) is 39.0 Å². The maximum atomic E-state index is 15.1. The lowest BCUT2D eigenvalue weighted by Crippen LogP contribution is -2.46. The van der Waals surface area contributed by atoms with Crippen LogP contribution in [0, 0.1) is 45.6 Å². The second-order valence-corrected chi connectivity index (χ2v) is 12.1. The van der Waals surface area contributed by atoms with E-state index in [1.54, 1.807) is 0 Å². The summed E-state index contributed by atoms with van der Waals surface area (Å²) in [6.45, 7) is 1.11. The molecule has 6 rings (SSSR count). The molecule has 1 fully saturated rings. The van der Waals surface area contributed by atoms with Crippen LogP contribution in [0.1, 0.15) is 29.2 Å². The van der Waals surface area contributed by atoms with E-state index in [-0.39, 0.29) is 39.0 Å². The first-order valence-electron chi connectivity index (χ1n) is 15.4. The second kappa shape index (κ2) is 13.4. The molecule has 4 aromatic carbocycles. The van der Waals surface area contributed by atoms with E-state index in [0.717, 1.165) is 18.2 Å². The number of halogens is 11. The second-order valence-electron chi connectivity index (χ2n) is 12.1. The van der Waals surface area contributed by atoms with Gasteiger partial charge in [0.15, 0.2) is 29.2 Å². The topological polar surface area (TPSA) is 112 Å². The first-order valence-corrected chi connectivity index (χ1v) is 15.4. The number of nitriles is 3. The van der Waals surface area contributed by atoms with Gasteiger partial charge in [-0.2, -0.15) is 55.3 Å². The standard InChI is InChI=1S/C37H19F11N4O2/c1-16(35(40,41)42)53-31-4-2-17(8-28(31)38)21-10-23-24-11-22(18-3-5-32(29(39)9-18)54-34(36(43,44)45)37(46,47)48)20(13-50)7-26(24)33(25(23)6-19(21)12-49)27(14-51)30-15-52-30/h2-11,16,30,34,52H,15H2,1H3/b33-27-. The van der Waals surface area contributed by atoms with E-state index in [9.17, 15) is 55.3 Å². The Labute approximate surface area is 297 Å². The highest BCUT2D eigenvalue weighted by atomic mass is 19.4. The number of ether oxygens (including phenoxy) is 2. The molecule has 0 bridgehead atoms. The molecule has 1 N–H and O–H groups in total. The first-order chi connectivity index (χ1) is 25.3.